The van der Waals surface area contributed by atoms with Crippen LogP contribution in [-0.2, 0) is 10.5 Å². The van der Waals surface area contributed by atoms with E-state index in [-0.39, 0.29) is 5.91 Å². The molecule has 0 aromatic heterocycles. The lowest BCUT2D eigenvalue weighted by molar-refractivity contribution is -0.127. The summed E-state index contributed by atoms with van der Waals surface area (Å²) in [5, 5.41) is 5.29. The first kappa shape index (κ1) is 20.3. The van der Waals surface area contributed by atoms with Crippen LogP contribution in [0.3, 0.4) is 0 Å². The van der Waals surface area contributed by atoms with Crippen molar-refractivity contribution in [3.8, 4) is 5.75 Å². The molecule has 28 heavy (non-hydrogen) atoms. The van der Waals surface area contributed by atoms with Gasteiger partial charge < -0.3 is 10.1 Å². The van der Waals surface area contributed by atoms with Crippen molar-refractivity contribution in [2.24, 2.45) is 0 Å². The van der Waals surface area contributed by atoms with Crippen LogP contribution in [0, 0.1) is 6.92 Å². The Hall–Kier alpha value is -2.46. The summed E-state index contributed by atoms with van der Waals surface area (Å²) in [4.78, 5) is 12.5. The van der Waals surface area contributed by atoms with Gasteiger partial charge >= 0.3 is 0 Å². The van der Waals surface area contributed by atoms with Gasteiger partial charge in [0, 0.05) is 18.1 Å². The van der Waals surface area contributed by atoms with E-state index in [9.17, 15) is 4.79 Å². The molecule has 3 aromatic rings. The number of benzene rings is 3. The van der Waals surface area contributed by atoms with Gasteiger partial charge in [0.15, 0.2) is 6.10 Å². The number of carbonyl (C=O) groups excluding carboxylic acids is 1. The van der Waals surface area contributed by atoms with Crippen LogP contribution in [0.25, 0.3) is 10.8 Å². The molecule has 1 atom stereocenters. The van der Waals surface area contributed by atoms with E-state index >= 15 is 0 Å². The highest BCUT2D eigenvalue weighted by Gasteiger charge is 2.18. The topological polar surface area (TPSA) is 38.3 Å². The highest BCUT2D eigenvalue weighted by atomic mass is 32.2. The van der Waals surface area contributed by atoms with Gasteiger partial charge in [-0.1, -0.05) is 61.5 Å². The zero-order valence-corrected chi connectivity index (χ0v) is 17.3. The van der Waals surface area contributed by atoms with Crippen LogP contribution >= 0.6 is 11.8 Å². The van der Waals surface area contributed by atoms with Crippen molar-refractivity contribution in [1.82, 2.24) is 5.32 Å². The molecule has 0 radical (unpaired) electrons. The lowest BCUT2D eigenvalue weighted by atomic mass is 10.1. The zero-order valence-electron chi connectivity index (χ0n) is 16.5. The molecule has 4 heteroatoms. The third-order valence-corrected chi connectivity index (χ3v) is 5.73. The minimum atomic E-state index is -0.470. The molecule has 3 rings (SSSR count). The maximum atomic E-state index is 12.5. The predicted octanol–water partition coefficient (Wildman–Crippen LogP) is 5.36. The summed E-state index contributed by atoms with van der Waals surface area (Å²) >= 11 is 1.83. The average molecular weight is 394 g/mol. The van der Waals surface area contributed by atoms with Gasteiger partial charge in [-0.2, -0.15) is 11.8 Å². The first-order chi connectivity index (χ1) is 13.7. The Labute approximate surface area is 171 Å². The molecule has 0 spiro atoms. The Morgan fingerprint density at radius 3 is 2.57 bits per heavy atom. The standard InChI is InChI=1S/C24H27NO2S/c1-3-23(27-22-13-12-19-9-6-7-10-20(19)16-22)24(26)25-14-15-28-17-21-11-5-4-8-18(21)2/h4-13,16,23H,3,14-15,17H2,1-2H3,(H,25,26)/t23-/m0/s1. The number of rotatable bonds is 9. The normalized spacial score (nSPS) is 11.9. The number of aryl methyl sites for hydroxylation is 1. The van der Waals surface area contributed by atoms with E-state index in [2.05, 4.69) is 48.6 Å². The fourth-order valence-corrected chi connectivity index (χ4v) is 3.98. The number of ether oxygens (including phenoxy) is 1. The van der Waals surface area contributed by atoms with E-state index in [0.717, 1.165) is 28.0 Å². The summed E-state index contributed by atoms with van der Waals surface area (Å²) in [6, 6.07) is 22.5. The van der Waals surface area contributed by atoms with Gasteiger partial charge in [0.2, 0.25) is 0 Å². The zero-order chi connectivity index (χ0) is 19.8. The molecule has 146 valence electrons. The molecule has 0 fully saturated rings. The van der Waals surface area contributed by atoms with Crippen molar-refractivity contribution >= 4 is 28.4 Å². The molecule has 0 unspecified atom stereocenters. The van der Waals surface area contributed by atoms with Gasteiger partial charge in [0.25, 0.3) is 5.91 Å². The molecule has 0 aliphatic rings. The van der Waals surface area contributed by atoms with Gasteiger partial charge in [0.1, 0.15) is 5.75 Å². The molecule has 0 saturated carbocycles. The number of hydrogen-bond donors (Lipinski definition) is 1. The number of carbonyl (C=O) groups is 1. The number of hydrogen-bond acceptors (Lipinski definition) is 3. The van der Waals surface area contributed by atoms with Gasteiger partial charge in [-0.05, 0) is 47.4 Å². The molecule has 0 saturated heterocycles. The summed E-state index contributed by atoms with van der Waals surface area (Å²) < 4.78 is 5.96. The van der Waals surface area contributed by atoms with E-state index < -0.39 is 6.10 Å². The third-order valence-electron chi connectivity index (χ3n) is 4.73. The Morgan fingerprint density at radius 1 is 1.04 bits per heavy atom. The maximum absolute atomic E-state index is 12.5. The second-order valence-electron chi connectivity index (χ2n) is 6.79. The van der Waals surface area contributed by atoms with Crippen molar-refractivity contribution in [2.45, 2.75) is 32.1 Å². The fraction of sp³-hybridized carbons (Fsp3) is 0.292. The van der Waals surface area contributed by atoms with Gasteiger partial charge in [0.05, 0.1) is 0 Å². The molecule has 1 N–H and O–H groups in total. The fourth-order valence-electron chi connectivity index (χ4n) is 3.04. The number of thioether (sulfide) groups is 1. The number of amides is 1. The molecular formula is C24H27NO2S. The molecule has 0 aliphatic heterocycles. The molecule has 3 aromatic carbocycles. The monoisotopic (exact) mass is 393 g/mol. The van der Waals surface area contributed by atoms with Crippen LogP contribution in [0.2, 0.25) is 0 Å². The van der Waals surface area contributed by atoms with Gasteiger partial charge in [-0.25, -0.2) is 0 Å². The summed E-state index contributed by atoms with van der Waals surface area (Å²) in [5.41, 5.74) is 2.67. The predicted molar refractivity (Wildman–Crippen MR) is 119 cm³/mol. The maximum Gasteiger partial charge on any atom is 0.261 e. The molecular weight excluding hydrogens is 366 g/mol. The Morgan fingerprint density at radius 2 is 1.79 bits per heavy atom. The Bertz CT molecular complexity index is 925. The molecule has 3 nitrogen and oxygen atoms in total. The second kappa shape index (κ2) is 10.2. The van der Waals surface area contributed by atoms with E-state index in [0.29, 0.717) is 13.0 Å². The van der Waals surface area contributed by atoms with E-state index in [1.165, 1.54) is 11.1 Å². The van der Waals surface area contributed by atoms with Crippen LogP contribution in [0.15, 0.2) is 66.7 Å². The lowest BCUT2D eigenvalue weighted by Gasteiger charge is -2.17. The first-order valence-electron chi connectivity index (χ1n) is 9.73. The molecule has 1 amide bonds. The van der Waals surface area contributed by atoms with Crippen LogP contribution < -0.4 is 10.1 Å². The summed E-state index contributed by atoms with van der Waals surface area (Å²) in [5.74, 6) is 2.53. The summed E-state index contributed by atoms with van der Waals surface area (Å²) in [7, 11) is 0. The van der Waals surface area contributed by atoms with Gasteiger partial charge in [-0.15, -0.1) is 0 Å². The van der Waals surface area contributed by atoms with E-state index in [4.69, 9.17) is 4.74 Å². The molecule has 0 heterocycles. The van der Waals surface area contributed by atoms with E-state index in [1.54, 1.807) is 0 Å². The van der Waals surface area contributed by atoms with Crippen molar-refractivity contribution < 1.29 is 9.53 Å². The minimum Gasteiger partial charge on any atom is -0.481 e. The number of fused-ring (bicyclic) bond motifs is 1. The Kier molecular flexibility index (Phi) is 7.38. The minimum absolute atomic E-state index is 0.0489. The van der Waals surface area contributed by atoms with Crippen LogP contribution in [0.1, 0.15) is 24.5 Å². The average Bonchev–Trinajstić information content (AvgIpc) is 2.72. The third kappa shape index (κ3) is 5.52. The van der Waals surface area contributed by atoms with Crippen molar-refractivity contribution in [3.05, 3.63) is 77.9 Å². The number of nitrogens with one attached hydrogen (secondary N) is 1. The largest absolute Gasteiger partial charge is 0.481 e. The summed E-state index contributed by atoms with van der Waals surface area (Å²) in [6.07, 6.45) is 0.164. The van der Waals surface area contributed by atoms with Crippen molar-refractivity contribution in [3.63, 3.8) is 0 Å². The summed E-state index contributed by atoms with van der Waals surface area (Å²) in [6.45, 7) is 4.75. The van der Waals surface area contributed by atoms with Crippen molar-refractivity contribution in [1.29, 1.82) is 0 Å². The SMILES string of the molecule is CC[C@H](Oc1ccc2ccccc2c1)C(=O)NCCSCc1ccccc1C. The lowest BCUT2D eigenvalue weighted by Crippen LogP contribution is -2.39. The smallest absolute Gasteiger partial charge is 0.261 e. The van der Waals surface area contributed by atoms with Crippen LogP contribution in [0.4, 0.5) is 0 Å². The quantitative estimate of drug-likeness (QED) is 0.498. The van der Waals surface area contributed by atoms with Crippen LogP contribution in [0.5, 0.6) is 5.75 Å². The van der Waals surface area contributed by atoms with Crippen LogP contribution in [-0.4, -0.2) is 24.3 Å². The first-order valence-corrected chi connectivity index (χ1v) is 10.9. The molecule has 0 bridgehead atoms. The highest BCUT2D eigenvalue weighted by Crippen LogP contribution is 2.22. The molecule has 0 aliphatic carbocycles. The van der Waals surface area contributed by atoms with Gasteiger partial charge in [-0.3, -0.25) is 4.79 Å². The highest BCUT2D eigenvalue weighted by molar-refractivity contribution is 7.98. The van der Waals surface area contributed by atoms with E-state index in [1.807, 2.05) is 49.0 Å². The Balaban J connectivity index is 1.45. The van der Waals surface area contributed by atoms with Crippen molar-refractivity contribution in [2.75, 3.05) is 12.3 Å². The second-order valence-corrected chi connectivity index (χ2v) is 7.90.